The second-order valence-corrected chi connectivity index (χ2v) is 6.49. The molecule has 1 saturated carbocycles. The van der Waals surface area contributed by atoms with E-state index in [4.69, 9.17) is 4.74 Å². The van der Waals surface area contributed by atoms with Crippen LogP contribution in [0.4, 0.5) is 0 Å². The molecule has 2 aliphatic rings. The molecule has 1 heterocycles. The zero-order chi connectivity index (χ0) is 16.2. The minimum atomic E-state index is 0.00368. The lowest BCUT2D eigenvalue weighted by atomic mass is 10.0. The number of nitrogens with zero attached hydrogens (tertiary/aromatic N) is 1. The first-order valence-electron chi connectivity index (χ1n) is 8.37. The highest BCUT2D eigenvalue weighted by atomic mass is 16.5. The summed E-state index contributed by atoms with van der Waals surface area (Å²) in [6, 6.07) is 7.63. The first kappa shape index (κ1) is 15.8. The van der Waals surface area contributed by atoms with E-state index in [-0.39, 0.29) is 23.8 Å². The van der Waals surface area contributed by atoms with Crippen LogP contribution < -0.4 is 10.1 Å². The summed E-state index contributed by atoms with van der Waals surface area (Å²) in [7, 11) is 1.62. The number of likely N-dealkylation sites (tertiary alicyclic amines) is 1. The standard InChI is InChI=1S/C18H24N2O3/c1-23-16-6-2-4-13(10-16)11-17(21)19-15-5-3-9-20(12-15)18(22)14-7-8-14/h2,4,6,10,14-15H,3,5,7-9,11-12H2,1H3,(H,19,21)/t15-/m0/s1. The molecule has 23 heavy (non-hydrogen) atoms. The summed E-state index contributed by atoms with van der Waals surface area (Å²) < 4.78 is 5.18. The predicted molar refractivity (Wildman–Crippen MR) is 87.2 cm³/mol. The summed E-state index contributed by atoms with van der Waals surface area (Å²) >= 11 is 0. The first-order chi connectivity index (χ1) is 11.2. The average molecular weight is 316 g/mol. The molecule has 5 heteroatoms. The highest BCUT2D eigenvalue weighted by molar-refractivity contribution is 5.81. The van der Waals surface area contributed by atoms with Crippen molar-refractivity contribution in [3.63, 3.8) is 0 Å². The van der Waals surface area contributed by atoms with Gasteiger partial charge in [-0.2, -0.15) is 0 Å². The van der Waals surface area contributed by atoms with Gasteiger partial charge in [0, 0.05) is 25.0 Å². The summed E-state index contributed by atoms with van der Waals surface area (Å²) in [5, 5.41) is 3.08. The lowest BCUT2D eigenvalue weighted by Gasteiger charge is -2.33. The molecule has 1 N–H and O–H groups in total. The van der Waals surface area contributed by atoms with Crippen molar-refractivity contribution in [3.05, 3.63) is 29.8 Å². The van der Waals surface area contributed by atoms with E-state index in [1.165, 1.54) is 0 Å². The molecule has 5 nitrogen and oxygen atoms in total. The number of carbonyl (C=O) groups is 2. The van der Waals surface area contributed by atoms with E-state index in [0.29, 0.717) is 13.0 Å². The normalized spacial score (nSPS) is 20.9. The third-order valence-corrected chi connectivity index (χ3v) is 4.52. The Morgan fingerprint density at radius 2 is 2.13 bits per heavy atom. The number of piperidine rings is 1. The fourth-order valence-electron chi connectivity index (χ4n) is 3.13. The van der Waals surface area contributed by atoms with Gasteiger partial charge in [-0.05, 0) is 43.4 Å². The monoisotopic (exact) mass is 316 g/mol. The third-order valence-electron chi connectivity index (χ3n) is 4.52. The second kappa shape index (κ2) is 7.02. The molecule has 124 valence electrons. The Morgan fingerprint density at radius 1 is 1.30 bits per heavy atom. The summed E-state index contributed by atoms with van der Waals surface area (Å²) in [4.78, 5) is 26.3. The lowest BCUT2D eigenvalue weighted by Crippen LogP contribution is -2.50. The van der Waals surface area contributed by atoms with Crippen LogP contribution in [0.15, 0.2) is 24.3 Å². The zero-order valence-corrected chi connectivity index (χ0v) is 13.6. The minimum absolute atomic E-state index is 0.00368. The number of nitrogens with one attached hydrogen (secondary N) is 1. The predicted octanol–water partition coefficient (Wildman–Crippen LogP) is 1.75. The molecule has 0 aromatic heterocycles. The van der Waals surface area contributed by atoms with E-state index in [9.17, 15) is 9.59 Å². The molecular formula is C18H24N2O3. The molecule has 1 aliphatic carbocycles. The maximum absolute atomic E-state index is 12.2. The van der Waals surface area contributed by atoms with E-state index in [2.05, 4.69) is 5.32 Å². The number of benzene rings is 1. The van der Waals surface area contributed by atoms with Crippen molar-refractivity contribution < 1.29 is 14.3 Å². The van der Waals surface area contributed by atoms with Crippen LogP contribution in [0.2, 0.25) is 0 Å². The number of amides is 2. The Balaban J connectivity index is 1.51. The molecule has 2 fully saturated rings. The highest BCUT2D eigenvalue weighted by Gasteiger charge is 2.35. The van der Waals surface area contributed by atoms with Crippen LogP contribution in [0.3, 0.4) is 0 Å². The molecule has 0 radical (unpaired) electrons. The van der Waals surface area contributed by atoms with Crippen LogP contribution in [0.5, 0.6) is 5.75 Å². The average Bonchev–Trinajstić information content (AvgIpc) is 3.39. The molecular weight excluding hydrogens is 292 g/mol. The van der Waals surface area contributed by atoms with Crippen molar-refractivity contribution in [2.75, 3.05) is 20.2 Å². The van der Waals surface area contributed by atoms with Crippen LogP contribution in [0.1, 0.15) is 31.2 Å². The summed E-state index contributed by atoms with van der Waals surface area (Å²) in [6.45, 7) is 1.48. The zero-order valence-electron chi connectivity index (χ0n) is 13.6. The summed E-state index contributed by atoms with van der Waals surface area (Å²) in [6.07, 6.45) is 4.30. The number of hydrogen-bond donors (Lipinski definition) is 1. The van der Waals surface area contributed by atoms with Gasteiger partial charge in [-0.3, -0.25) is 9.59 Å². The Bertz CT molecular complexity index is 583. The SMILES string of the molecule is COc1cccc(CC(=O)N[C@H]2CCCN(C(=O)C3CC3)C2)c1. The number of hydrogen-bond acceptors (Lipinski definition) is 3. The quantitative estimate of drug-likeness (QED) is 0.900. The van der Waals surface area contributed by atoms with Gasteiger partial charge in [0.15, 0.2) is 0 Å². The van der Waals surface area contributed by atoms with Gasteiger partial charge in [0.25, 0.3) is 0 Å². The van der Waals surface area contributed by atoms with Gasteiger partial charge >= 0.3 is 0 Å². The molecule has 0 spiro atoms. The Labute approximate surface area is 137 Å². The number of ether oxygens (including phenoxy) is 1. The number of rotatable bonds is 5. The topological polar surface area (TPSA) is 58.6 Å². The van der Waals surface area contributed by atoms with E-state index >= 15 is 0 Å². The molecule has 0 bridgehead atoms. The molecule has 1 atom stereocenters. The molecule has 1 aliphatic heterocycles. The molecule has 3 rings (SSSR count). The van der Waals surface area contributed by atoms with Crippen molar-refractivity contribution in [1.82, 2.24) is 10.2 Å². The fourth-order valence-corrected chi connectivity index (χ4v) is 3.13. The molecule has 1 saturated heterocycles. The van der Waals surface area contributed by atoms with Crippen molar-refractivity contribution in [2.24, 2.45) is 5.92 Å². The van der Waals surface area contributed by atoms with E-state index in [1.54, 1.807) is 7.11 Å². The van der Waals surface area contributed by atoms with Crippen molar-refractivity contribution in [3.8, 4) is 5.75 Å². The second-order valence-electron chi connectivity index (χ2n) is 6.49. The molecule has 1 aromatic carbocycles. The van der Waals surface area contributed by atoms with E-state index in [0.717, 1.165) is 43.5 Å². The van der Waals surface area contributed by atoms with E-state index in [1.807, 2.05) is 29.2 Å². The van der Waals surface area contributed by atoms with Crippen LogP contribution in [0.25, 0.3) is 0 Å². The van der Waals surface area contributed by atoms with E-state index < -0.39 is 0 Å². The Kier molecular flexibility index (Phi) is 4.84. The number of methoxy groups -OCH3 is 1. The van der Waals surface area contributed by atoms with Crippen LogP contribution >= 0.6 is 0 Å². The smallest absolute Gasteiger partial charge is 0.225 e. The van der Waals surface area contributed by atoms with Gasteiger partial charge in [0.1, 0.15) is 5.75 Å². The largest absolute Gasteiger partial charge is 0.497 e. The van der Waals surface area contributed by atoms with Crippen LogP contribution in [0, 0.1) is 5.92 Å². The molecule has 2 amide bonds. The molecule has 0 unspecified atom stereocenters. The summed E-state index contributed by atoms with van der Waals surface area (Å²) in [5.41, 5.74) is 0.934. The minimum Gasteiger partial charge on any atom is -0.497 e. The molecule has 1 aromatic rings. The van der Waals surface area contributed by atoms with Crippen molar-refractivity contribution in [2.45, 2.75) is 38.1 Å². The van der Waals surface area contributed by atoms with Crippen LogP contribution in [-0.2, 0) is 16.0 Å². The maximum atomic E-state index is 12.2. The Morgan fingerprint density at radius 3 is 2.87 bits per heavy atom. The first-order valence-corrected chi connectivity index (χ1v) is 8.37. The van der Waals surface area contributed by atoms with Gasteiger partial charge in [0.2, 0.25) is 11.8 Å². The summed E-state index contributed by atoms with van der Waals surface area (Å²) in [5.74, 6) is 1.29. The fraction of sp³-hybridized carbons (Fsp3) is 0.556. The van der Waals surface area contributed by atoms with Gasteiger partial charge in [-0.15, -0.1) is 0 Å². The highest BCUT2D eigenvalue weighted by Crippen LogP contribution is 2.31. The maximum Gasteiger partial charge on any atom is 0.225 e. The van der Waals surface area contributed by atoms with Crippen molar-refractivity contribution in [1.29, 1.82) is 0 Å². The number of carbonyl (C=O) groups excluding carboxylic acids is 2. The van der Waals surface area contributed by atoms with Gasteiger partial charge in [0.05, 0.1) is 13.5 Å². The Hall–Kier alpha value is -2.04. The van der Waals surface area contributed by atoms with Gasteiger partial charge < -0.3 is 15.0 Å². The van der Waals surface area contributed by atoms with Gasteiger partial charge in [-0.1, -0.05) is 12.1 Å². The third kappa shape index (κ3) is 4.24. The lowest BCUT2D eigenvalue weighted by molar-refractivity contribution is -0.134. The van der Waals surface area contributed by atoms with Gasteiger partial charge in [-0.25, -0.2) is 0 Å². The van der Waals surface area contributed by atoms with Crippen molar-refractivity contribution >= 4 is 11.8 Å². The van der Waals surface area contributed by atoms with Crippen LogP contribution in [-0.4, -0.2) is 43.0 Å².